The highest BCUT2D eigenvalue weighted by Gasteiger charge is 2.30. The van der Waals surface area contributed by atoms with Crippen LogP contribution in [-0.2, 0) is 9.59 Å². The Kier molecular flexibility index (Phi) is 11.2. The number of hydrogen-bond acceptors (Lipinski definition) is 10. The second kappa shape index (κ2) is 16.3. The fourth-order valence-corrected chi connectivity index (χ4v) is 8.15. The molecule has 3 fully saturated rings. The number of rotatable bonds is 14. The molecule has 1 atom stereocenters. The van der Waals surface area contributed by atoms with Crippen molar-refractivity contribution < 1.29 is 14.4 Å². The third-order valence-corrected chi connectivity index (χ3v) is 11.2. The zero-order valence-electron chi connectivity index (χ0n) is 31.2. The Balaban J connectivity index is 0.884. The molecule has 2 aliphatic heterocycles. The number of carbonyl (C=O) groups excluding carboxylic acids is 3. The topological polar surface area (TPSA) is 132 Å². The molecule has 3 aliphatic rings. The Morgan fingerprint density at radius 2 is 1.75 bits per heavy atom. The number of pyridine rings is 1. The minimum atomic E-state index is -0.307. The van der Waals surface area contributed by atoms with Crippen LogP contribution in [0.1, 0.15) is 79.9 Å². The zero-order chi connectivity index (χ0) is 36.9. The van der Waals surface area contributed by atoms with E-state index in [2.05, 4.69) is 60.0 Å². The van der Waals surface area contributed by atoms with Crippen molar-refractivity contribution in [2.24, 2.45) is 5.92 Å². The number of nitrogens with zero attached hydrogens (tertiary/aromatic N) is 8. The van der Waals surface area contributed by atoms with Crippen LogP contribution in [0.3, 0.4) is 0 Å². The molecule has 1 aromatic carbocycles. The molecule has 5 heterocycles. The summed E-state index contributed by atoms with van der Waals surface area (Å²) in [6.07, 6.45) is 11.4. The highest BCUT2D eigenvalue weighted by Crippen LogP contribution is 2.35. The third-order valence-electron chi connectivity index (χ3n) is 11.2. The van der Waals surface area contributed by atoms with E-state index in [1.54, 1.807) is 25.2 Å². The van der Waals surface area contributed by atoms with Gasteiger partial charge in [0.2, 0.25) is 18.3 Å². The predicted molar refractivity (Wildman–Crippen MR) is 208 cm³/mol. The van der Waals surface area contributed by atoms with Gasteiger partial charge in [-0.2, -0.15) is 4.98 Å². The van der Waals surface area contributed by atoms with Gasteiger partial charge in [-0.3, -0.25) is 24.6 Å². The van der Waals surface area contributed by atoms with Crippen molar-refractivity contribution in [2.45, 2.75) is 63.8 Å². The zero-order valence-corrected chi connectivity index (χ0v) is 31.2. The third kappa shape index (κ3) is 8.14. The van der Waals surface area contributed by atoms with E-state index in [4.69, 9.17) is 9.97 Å². The lowest BCUT2D eigenvalue weighted by molar-refractivity contribution is -0.126. The number of piperazine rings is 1. The van der Waals surface area contributed by atoms with Crippen molar-refractivity contribution in [3.63, 3.8) is 0 Å². The predicted octanol–water partition coefficient (Wildman–Crippen LogP) is 5.19. The van der Waals surface area contributed by atoms with Gasteiger partial charge in [0.05, 0.1) is 17.8 Å². The van der Waals surface area contributed by atoms with Crippen molar-refractivity contribution in [2.75, 3.05) is 75.0 Å². The van der Waals surface area contributed by atoms with Crippen LogP contribution in [0.25, 0.3) is 11.0 Å². The van der Waals surface area contributed by atoms with Crippen molar-refractivity contribution in [1.29, 1.82) is 0 Å². The van der Waals surface area contributed by atoms with E-state index in [0.717, 1.165) is 106 Å². The molecule has 1 unspecified atom stereocenters. The number of imide groups is 1. The van der Waals surface area contributed by atoms with E-state index in [1.807, 2.05) is 30.5 Å². The molecule has 0 radical (unpaired) electrons. The van der Waals surface area contributed by atoms with E-state index < -0.39 is 0 Å². The molecule has 3 aromatic heterocycles. The van der Waals surface area contributed by atoms with Gasteiger partial charge in [0.1, 0.15) is 17.2 Å². The number of benzene rings is 1. The highest BCUT2D eigenvalue weighted by molar-refractivity contribution is 5.98. The summed E-state index contributed by atoms with van der Waals surface area (Å²) in [5.74, 6) is 1.25. The standard InChI is InChI=1S/C40H52N10O3/c1-4-8-34(38(52)43-27-51)29-9-7-12-32(21-29)49-25-28(26-49)15-16-47-17-19-48(20-18-47)33-13-14-36(41-24-33)44-40-42-23-30-22-35(39(53)46(2)3)50(37(30)45-40)31-10-5-6-11-31/h7,9,12-14,21-24,27-28,31,34H,4-6,8,10-11,15-20,25-26H2,1-3H3,(H,43,51,52)(H,41,42,44,45). The van der Waals surface area contributed by atoms with E-state index in [1.165, 1.54) is 6.42 Å². The average molecular weight is 721 g/mol. The van der Waals surface area contributed by atoms with E-state index >= 15 is 0 Å². The molecule has 1 saturated carbocycles. The van der Waals surface area contributed by atoms with Crippen LogP contribution in [0.5, 0.6) is 0 Å². The van der Waals surface area contributed by atoms with Crippen molar-refractivity contribution in [1.82, 2.24) is 34.6 Å². The van der Waals surface area contributed by atoms with Gasteiger partial charge in [0.25, 0.3) is 5.91 Å². The molecule has 2 N–H and O–H groups in total. The van der Waals surface area contributed by atoms with Gasteiger partial charge in [0, 0.05) is 76.7 Å². The molecular weight excluding hydrogens is 669 g/mol. The maximum Gasteiger partial charge on any atom is 0.270 e. The number of carbonyl (C=O) groups is 3. The Morgan fingerprint density at radius 3 is 2.45 bits per heavy atom. The molecule has 0 bridgehead atoms. The minimum absolute atomic E-state index is 0.0188. The smallest absolute Gasteiger partial charge is 0.270 e. The number of hydrogen-bond donors (Lipinski definition) is 2. The van der Waals surface area contributed by atoms with Crippen LogP contribution < -0.4 is 20.4 Å². The molecular formula is C40H52N10O3. The molecule has 0 spiro atoms. The lowest BCUT2D eigenvalue weighted by Crippen LogP contribution is -2.50. The molecule has 1 aliphatic carbocycles. The number of aromatic nitrogens is 4. The Labute approximate surface area is 311 Å². The average Bonchev–Trinajstić information content (AvgIpc) is 3.82. The quantitative estimate of drug-likeness (QED) is 0.168. The van der Waals surface area contributed by atoms with Crippen LogP contribution in [0.2, 0.25) is 0 Å². The minimum Gasteiger partial charge on any atom is -0.371 e. The summed E-state index contributed by atoms with van der Waals surface area (Å²) in [4.78, 5) is 59.5. The van der Waals surface area contributed by atoms with E-state index in [-0.39, 0.29) is 23.8 Å². The fourth-order valence-electron chi connectivity index (χ4n) is 8.15. The van der Waals surface area contributed by atoms with E-state index in [9.17, 15) is 14.4 Å². The summed E-state index contributed by atoms with van der Waals surface area (Å²) in [5.41, 5.74) is 4.68. The summed E-state index contributed by atoms with van der Waals surface area (Å²) in [5, 5.41) is 6.50. The van der Waals surface area contributed by atoms with Gasteiger partial charge in [0.15, 0.2) is 0 Å². The molecule has 13 nitrogen and oxygen atoms in total. The number of amides is 3. The molecule has 280 valence electrons. The molecule has 53 heavy (non-hydrogen) atoms. The summed E-state index contributed by atoms with van der Waals surface area (Å²) >= 11 is 0. The Bertz CT molecular complexity index is 1890. The summed E-state index contributed by atoms with van der Waals surface area (Å²) in [7, 11) is 3.57. The van der Waals surface area contributed by atoms with E-state index in [0.29, 0.717) is 36.2 Å². The molecule has 2 saturated heterocycles. The van der Waals surface area contributed by atoms with Gasteiger partial charge in [-0.25, -0.2) is 9.97 Å². The van der Waals surface area contributed by atoms with Crippen LogP contribution in [0.15, 0.2) is 54.9 Å². The maximum atomic E-state index is 13.1. The lowest BCUT2D eigenvalue weighted by atomic mass is 9.91. The van der Waals surface area contributed by atoms with Crippen molar-refractivity contribution in [3.05, 3.63) is 66.1 Å². The molecule has 3 amide bonds. The van der Waals surface area contributed by atoms with Crippen LogP contribution in [0, 0.1) is 5.92 Å². The van der Waals surface area contributed by atoms with Gasteiger partial charge in [-0.15, -0.1) is 0 Å². The first kappa shape index (κ1) is 36.3. The van der Waals surface area contributed by atoms with Crippen molar-refractivity contribution >= 4 is 52.4 Å². The largest absolute Gasteiger partial charge is 0.371 e. The summed E-state index contributed by atoms with van der Waals surface area (Å²) in [6.45, 7) is 9.16. The Hall–Kier alpha value is -5.04. The normalized spacial score (nSPS) is 17.5. The molecule has 4 aromatic rings. The number of nitrogens with one attached hydrogen (secondary N) is 2. The molecule has 7 rings (SSSR count). The fraction of sp³-hybridized carbons (Fsp3) is 0.500. The summed E-state index contributed by atoms with van der Waals surface area (Å²) in [6, 6.07) is 14.5. The van der Waals surface area contributed by atoms with Crippen LogP contribution >= 0.6 is 0 Å². The number of anilines is 4. The van der Waals surface area contributed by atoms with Gasteiger partial charge >= 0.3 is 0 Å². The Morgan fingerprint density at radius 1 is 0.962 bits per heavy atom. The second-order valence-electron chi connectivity index (χ2n) is 15.0. The first-order valence-corrected chi connectivity index (χ1v) is 19.2. The first-order valence-electron chi connectivity index (χ1n) is 19.2. The first-order chi connectivity index (χ1) is 25.8. The molecule has 13 heteroatoms. The highest BCUT2D eigenvalue weighted by atomic mass is 16.2. The van der Waals surface area contributed by atoms with Crippen LogP contribution in [0.4, 0.5) is 23.1 Å². The summed E-state index contributed by atoms with van der Waals surface area (Å²) < 4.78 is 2.13. The van der Waals surface area contributed by atoms with Gasteiger partial charge in [-0.1, -0.05) is 38.3 Å². The monoisotopic (exact) mass is 720 g/mol. The van der Waals surface area contributed by atoms with Gasteiger partial charge in [-0.05, 0) is 74.0 Å². The lowest BCUT2D eigenvalue weighted by Gasteiger charge is -2.43. The SMILES string of the molecule is CCCC(C(=O)NC=O)c1cccc(N2CC(CCN3CCN(c4ccc(Nc5ncc6cc(C(=O)N(C)C)n(C7CCCC7)c6n5)nc4)CC3)C2)c1. The van der Waals surface area contributed by atoms with Crippen molar-refractivity contribution in [3.8, 4) is 0 Å². The maximum absolute atomic E-state index is 13.1. The second-order valence-corrected chi connectivity index (χ2v) is 15.0. The van der Waals surface area contributed by atoms with Crippen LogP contribution in [-0.4, -0.2) is 107 Å². The van der Waals surface area contributed by atoms with Gasteiger partial charge < -0.3 is 24.6 Å². The number of fused-ring (bicyclic) bond motifs is 1.